The number of nitrogens with zero attached hydrogens (tertiary/aromatic N) is 1. The Balaban J connectivity index is 2.31. The van der Waals surface area contributed by atoms with Gasteiger partial charge in [0.15, 0.2) is 5.11 Å². The van der Waals surface area contributed by atoms with E-state index in [9.17, 15) is 0 Å². The van der Waals surface area contributed by atoms with Crippen molar-refractivity contribution in [3.05, 3.63) is 35.4 Å². The molecule has 1 unspecified atom stereocenters. The van der Waals surface area contributed by atoms with E-state index in [1.54, 1.807) is 6.34 Å². The molecular weight excluding hydrogens is 194 g/mol. The van der Waals surface area contributed by atoms with Crippen molar-refractivity contribution in [3.63, 3.8) is 0 Å². The summed E-state index contributed by atoms with van der Waals surface area (Å²) in [7, 11) is 0. The monoisotopic (exact) mass is 205 g/mol. The first kappa shape index (κ1) is 9.15. The van der Waals surface area contributed by atoms with E-state index in [1.165, 1.54) is 5.56 Å². The third kappa shape index (κ3) is 1.75. The summed E-state index contributed by atoms with van der Waals surface area (Å²) in [6, 6.07) is 8.14. The van der Waals surface area contributed by atoms with Crippen LogP contribution in [0.5, 0.6) is 0 Å². The van der Waals surface area contributed by atoms with Crippen LogP contribution in [0, 0.1) is 6.92 Å². The molecule has 1 heterocycles. The normalized spacial score (nSPS) is 20.1. The molecule has 0 amide bonds. The Hall–Kier alpha value is -1.42. The molecule has 2 N–H and O–H groups in total. The maximum atomic E-state index is 5.01. The van der Waals surface area contributed by atoms with Crippen molar-refractivity contribution in [3.8, 4) is 0 Å². The Morgan fingerprint density at radius 1 is 1.36 bits per heavy atom. The Morgan fingerprint density at radius 2 is 2.14 bits per heavy atom. The van der Waals surface area contributed by atoms with Gasteiger partial charge in [0.2, 0.25) is 0 Å². The Labute approximate surface area is 88.2 Å². The summed E-state index contributed by atoms with van der Waals surface area (Å²) in [5, 5.41) is 6.54. The number of hydrogen-bond donors (Lipinski definition) is 2. The van der Waals surface area contributed by atoms with Gasteiger partial charge < -0.3 is 10.6 Å². The number of rotatable bonds is 1. The van der Waals surface area contributed by atoms with Gasteiger partial charge in [0.1, 0.15) is 6.17 Å². The predicted octanol–water partition coefficient (Wildman–Crippen LogP) is 1.50. The van der Waals surface area contributed by atoms with Gasteiger partial charge in [0.05, 0.1) is 6.34 Å². The average molecular weight is 205 g/mol. The van der Waals surface area contributed by atoms with Crippen LogP contribution in [0.1, 0.15) is 17.3 Å². The summed E-state index contributed by atoms with van der Waals surface area (Å²) >= 11 is 5.01. The number of nitrogens with one attached hydrogen (secondary N) is 2. The van der Waals surface area contributed by atoms with Gasteiger partial charge in [-0.25, -0.2) is 4.99 Å². The van der Waals surface area contributed by atoms with E-state index in [4.69, 9.17) is 12.2 Å². The molecule has 1 aliphatic heterocycles. The highest BCUT2D eigenvalue weighted by atomic mass is 32.1. The van der Waals surface area contributed by atoms with Gasteiger partial charge in [0, 0.05) is 0 Å². The molecule has 72 valence electrons. The van der Waals surface area contributed by atoms with Crippen LogP contribution in [-0.4, -0.2) is 11.5 Å². The molecule has 0 bridgehead atoms. The minimum Gasteiger partial charge on any atom is -0.337 e. The van der Waals surface area contributed by atoms with Gasteiger partial charge in [-0.1, -0.05) is 24.3 Å². The molecule has 1 aromatic carbocycles. The number of hydrogen-bond acceptors (Lipinski definition) is 2. The van der Waals surface area contributed by atoms with Crippen LogP contribution in [0.15, 0.2) is 29.3 Å². The van der Waals surface area contributed by atoms with Crippen LogP contribution < -0.4 is 10.6 Å². The van der Waals surface area contributed by atoms with Gasteiger partial charge in [0.25, 0.3) is 0 Å². The van der Waals surface area contributed by atoms with Gasteiger partial charge in [-0.15, -0.1) is 0 Å². The minimum absolute atomic E-state index is 0.0510. The molecule has 1 aliphatic rings. The highest BCUT2D eigenvalue weighted by Crippen LogP contribution is 2.18. The Bertz CT molecular complexity index is 387. The molecule has 2 rings (SSSR count). The topological polar surface area (TPSA) is 36.4 Å². The van der Waals surface area contributed by atoms with Crippen molar-refractivity contribution in [1.29, 1.82) is 0 Å². The zero-order chi connectivity index (χ0) is 9.97. The van der Waals surface area contributed by atoms with Crippen LogP contribution >= 0.6 is 12.2 Å². The smallest absolute Gasteiger partial charge is 0.173 e. The molecular formula is C10H11N3S. The molecule has 0 fully saturated rings. The van der Waals surface area contributed by atoms with Crippen LogP contribution in [-0.2, 0) is 0 Å². The molecule has 0 aromatic heterocycles. The minimum atomic E-state index is -0.0510. The second-order valence-electron chi connectivity index (χ2n) is 3.16. The summed E-state index contributed by atoms with van der Waals surface area (Å²) in [4.78, 5) is 4.28. The maximum Gasteiger partial charge on any atom is 0.173 e. The summed E-state index contributed by atoms with van der Waals surface area (Å²) in [6.07, 6.45) is 1.58. The second kappa shape index (κ2) is 3.75. The third-order valence-corrected chi connectivity index (χ3v) is 2.41. The number of aliphatic imine (C=N–C) groups is 1. The van der Waals surface area contributed by atoms with Gasteiger partial charge in [-0.3, -0.25) is 0 Å². The first-order valence-corrected chi connectivity index (χ1v) is 4.82. The van der Waals surface area contributed by atoms with E-state index in [1.807, 2.05) is 12.1 Å². The van der Waals surface area contributed by atoms with Crippen molar-refractivity contribution in [2.24, 2.45) is 4.99 Å². The molecule has 14 heavy (non-hydrogen) atoms. The zero-order valence-corrected chi connectivity index (χ0v) is 8.64. The lowest BCUT2D eigenvalue weighted by Gasteiger charge is -2.21. The fraction of sp³-hybridized carbons (Fsp3) is 0.200. The molecule has 1 aromatic rings. The number of aryl methyl sites for hydroxylation is 1. The lowest BCUT2D eigenvalue weighted by molar-refractivity contribution is 0.664. The van der Waals surface area contributed by atoms with Crippen molar-refractivity contribution in [1.82, 2.24) is 10.6 Å². The third-order valence-electron chi connectivity index (χ3n) is 2.17. The lowest BCUT2D eigenvalue weighted by Crippen LogP contribution is -2.40. The van der Waals surface area contributed by atoms with E-state index in [0.717, 1.165) is 5.56 Å². The van der Waals surface area contributed by atoms with Crippen LogP contribution in [0.25, 0.3) is 0 Å². The SMILES string of the molecule is Cc1ccccc1C1N=CNC(=S)N1. The van der Waals surface area contributed by atoms with Crippen molar-refractivity contribution in [2.45, 2.75) is 13.1 Å². The largest absolute Gasteiger partial charge is 0.337 e. The van der Waals surface area contributed by atoms with Crippen molar-refractivity contribution >= 4 is 23.7 Å². The number of benzene rings is 1. The Morgan fingerprint density at radius 3 is 2.86 bits per heavy atom. The molecule has 4 heteroatoms. The highest BCUT2D eigenvalue weighted by Gasteiger charge is 2.14. The van der Waals surface area contributed by atoms with E-state index >= 15 is 0 Å². The van der Waals surface area contributed by atoms with Crippen molar-refractivity contribution < 1.29 is 0 Å². The summed E-state index contributed by atoms with van der Waals surface area (Å²) in [5.74, 6) is 0. The number of thiocarbonyl (C=S) groups is 1. The van der Waals surface area contributed by atoms with E-state index in [2.05, 4.69) is 34.7 Å². The maximum absolute atomic E-state index is 5.01. The highest BCUT2D eigenvalue weighted by molar-refractivity contribution is 7.80. The second-order valence-corrected chi connectivity index (χ2v) is 3.56. The molecule has 0 aliphatic carbocycles. The fourth-order valence-electron chi connectivity index (χ4n) is 1.43. The molecule has 3 nitrogen and oxygen atoms in total. The quantitative estimate of drug-likeness (QED) is 0.682. The summed E-state index contributed by atoms with van der Waals surface area (Å²) in [6.45, 7) is 2.07. The zero-order valence-electron chi connectivity index (χ0n) is 7.82. The lowest BCUT2D eigenvalue weighted by atomic mass is 10.1. The van der Waals surface area contributed by atoms with E-state index < -0.39 is 0 Å². The Kier molecular flexibility index (Phi) is 2.45. The van der Waals surface area contributed by atoms with Crippen LogP contribution in [0.3, 0.4) is 0 Å². The summed E-state index contributed by atoms with van der Waals surface area (Å²) < 4.78 is 0. The first-order valence-electron chi connectivity index (χ1n) is 4.41. The first-order chi connectivity index (χ1) is 6.77. The summed E-state index contributed by atoms with van der Waals surface area (Å²) in [5.41, 5.74) is 2.37. The van der Waals surface area contributed by atoms with Crippen LogP contribution in [0.4, 0.5) is 0 Å². The van der Waals surface area contributed by atoms with Gasteiger partial charge >= 0.3 is 0 Å². The van der Waals surface area contributed by atoms with Gasteiger partial charge in [-0.2, -0.15) is 0 Å². The molecule has 0 radical (unpaired) electrons. The van der Waals surface area contributed by atoms with E-state index in [-0.39, 0.29) is 6.17 Å². The molecule has 0 spiro atoms. The van der Waals surface area contributed by atoms with E-state index in [0.29, 0.717) is 5.11 Å². The molecule has 0 saturated heterocycles. The standard InChI is InChI=1S/C10H11N3S/c1-7-4-2-3-5-8(7)9-11-6-12-10(14)13-9/h2-6,9H,1H3,(H2,11,12,13,14). The fourth-order valence-corrected chi connectivity index (χ4v) is 1.59. The average Bonchev–Trinajstić information content (AvgIpc) is 2.18. The molecule has 1 atom stereocenters. The van der Waals surface area contributed by atoms with Crippen LogP contribution in [0.2, 0.25) is 0 Å². The molecule has 0 saturated carbocycles. The van der Waals surface area contributed by atoms with Gasteiger partial charge in [-0.05, 0) is 30.3 Å². The predicted molar refractivity (Wildman–Crippen MR) is 61.3 cm³/mol. The van der Waals surface area contributed by atoms with Crippen molar-refractivity contribution in [2.75, 3.05) is 0 Å².